The van der Waals surface area contributed by atoms with Crippen LogP contribution in [0.25, 0.3) is 10.9 Å². The predicted molar refractivity (Wildman–Crippen MR) is 134 cm³/mol. The number of hydrogen-bond donors (Lipinski definition) is 1. The van der Waals surface area contributed by atoms with E-state index < -0.39 is 0 Å². The number of halogens is 2. The molecule has 2 saturated heterocycles. The van der Waals surface area contributed by atoms with Crippen molar-refractivity contribution < 1.29 is 4.79 Å². The van der Waals surface area contributed by atoms with Crippen molar-refractivity contribution in [3.8, 4) is 0 Å². The normalized spacial score (nSPS) is 22.2. The summed E-state index contributed by atoms with van der Waals surface area (Å²) in [5.41, 5.74) is 3.20. The number of fused-ring (bicyclic) bond motifs is 1. The molecule has 0 saturated carbocycles. The van der Waals surface area contributed by atoms with Gasteiger partial charge in [-0.05, 0) is 69.1 Å². The van der Waals surface area contributed by atoms with Gasteiger partial charge in [-0.3, -0.25) is 9.48 Å². The number of amides is 1. The SMILES string of the molecule is C[C@@H]1CN(c2ccc3cnn([C@H](C)c4ccc(Cl)cc4Cl)c3c2)CCN1C(=O)C1CCCN1. The van der Waals surface area contributed by atoms with Crippen LogP contribution in [0.5, 0.6) is 0 Å². The van der Waals surface area contributed by atoms with E-state index in [-0.39, 0.29) is 24.0 Å². The highest BCUT2D eigenvalue weighted by Gasteiger charge is 2.33. The molecule has 2 aliphatic rings. The molecule has 174 valence electrons. The highest BCUT2D eigenvalue weighted by atomic mass is 35.5. The van der Waals surface area contributed by atoms with Crippen LogP contribution in [0.2, 0.25) is 10.0 Å². The standard InChI is InChI=1S/C25H29Cl2N5O/c1-16-15-30(10-11-31(16)25(33)23-4-3-9-28-23)20-7-5-18-14-29-32(24(18)13-20)17(2)21-8-6-19(26)12-22(21)27/h5-8,12-14,16-17,23,28H,3-4,9-11,15H2,1-2H3/t16-,17-,23?/m1/s1. The van der Waals surface area contributed by atoms with Gasteiger partial charge >= 0.3 is 0 Å². The van der Waals surface area contributed by atoms with Crippen molar-refractivity contribution in [3.05, 3.63) is 58.2 Å². The smallest absolute Gasteiger partial charge is 0.240 e. The molecule has 2 fully saturated rings. The Labute approximate surface area is 204 Å². The molecule has 3 aromatic rings. The lowest BCUT2D eigenvalue weighted by Gasteiger charge is -2.42. The Bertz CT molecular complexity index is 1170. The lowest BCUT2D eigenvalue weighted by atomic mass is 10.1. The zero-order valence-corrected chi connectivity index (χ0v) is 20.5. The maximum atomic E-state index is 12.9. The van der Waals surface area contributed by atoms with Gasteiger partial charge in [-0.25, -0.2) is 0 Å². The monoisotopic (exact) mass is 485 g/mol. The molecular weight excluding hydrogens is 457 g/mol. The average molecular weight is 486 g/mol. The molecule has 1 aromatic heterocycles. The van der Waals surface area contributed by atoms with Crippen LogP contribution in [0, 0.1) is 0 Å². The van der Waals surface area contributed by atoms with Gasteiger partial charge in [-0.1, -0.05) is 29.3 Å². The number of carbonyl (C=O) groups is 1. The van der Waals surface area contributed by atoms with E-state index >= 15 is 0 Å². The Morgan fingerprint density at radius 1 is 1.18 bits per heavy atom. The predicted octanol–water partition coefficient (Wildman–Crippen LogP) is 4.74. The van der Waals surface area contributed by atoms with E-state index in [1.165, 1.54) is 0 Å². The van der Waals surface area contributed by atoms with E-state index in [9.17, 15) is 4.79 Å². The van der Waals surface area contributed by atoms with Crippen LogP contribution in [-0.2, 0) is 4.79 Å². The van der Waals surface area contributed by atoms with Gasteiger partial charge in [-0.15, -0.1) is 0 Å². The minimum atomic E-state index is -0.0326. The number of carbonyl (C=O) groups excluding carboxylic acids is 1. The zero-order valence-electron chi connectivity index (χ0n) is 19.0. The summed E-state index contributed by atoms with van der Waals surface area (Å²) in [5.74, 6) is 0.252. The van der Waals surface area contributed by atoms with Crippen LogP contribution in [0.15, 0.2) is 42.6 Å². The minimum Gasteiger partial charge on any atom is -0.368 e. The van der Waals surface area contributed by atoms with E-state index in [0.29, 0.717) is 10.0 Å². The minimum absolute atomic E-state index is 0.00844. The van der Waals surface area contributed by atoms with Crippen molar-refractivity contribution in [1.29, 1.82) is 0 Å². The first-order valence-electron chi connectivity index (χ1n) is 11.6. The number of anilines is 1. The Balaban J connectivity index is 1.37. The topological polar surface area (TPSA) is 53.4 Å². The van der Waals surface area contributed by atoms with E-state index in [4.69, 9.17) is 23.2 Å². The van der Waals surface area contributed by atoms with Gasteiger partial charge in [0.05, 0.1) is 23.8 Å². The molecule has 2 aromatic carbocycles. The Morgan fingerprint density at radius 3 is 2.76 bits per heavy atom. The van der Waals surface area contributed by atoms with Gasteiger partial charge in [0.15, 0.2) is 0 Å². The van der Waals surface area contributed by atoms with Gasteiger partial charge < -0.3 is 15.1 Å². The molecule has 5 rings (SSSR count). The fraction of sp³-hybridized carbons (Fsp3) is 0.440. The number of nitrogens with zero attached hydrogens (tertiary/aromatic N) is 4. The van der Waals surface area contributed by atoms with E-state index in [1.807, 2.05) is 27.9 Å². The van der Waals surface area contributed by atoms with Crippen LogP contribution in [0.4, 0.5) is 5.69 Å². The molecule has 1 amide bonds. The average Bonchev–Trinajstić information content (AvgIpc) is 3.48. The van der Waals surface area contributed by atoms with Gasteiger partial charge in [-0.2, -0.15) is 5.10 Å². The fourth-order valence-corrected chi connectivity index (χ4v) is 5.69. The first-order chi connectivity index (χ1) is 15.9. The van der Waals surface area contributed by atoms with Crippen molar-refractivity contribution in [2.75, 3.05) is 31.1 Å². The van der Waals surface area contributed by atoms with Crippen LogP contribution in [0.3, 0.4) is 0 Å². The molecule has 0 aliphatic carbocycles. The fourth-order valence-electron chi connectivity index (χ4n) is 5.12. The molecule has 0 radical (unpaired) electrons. The number of rotatable bonds is 4. The van der Waals surface area contributed by atoms with Gasteiger partial charge in [0.25, 0.3) is 0 Å². The number of benzene rings is 2. The molecule has 0 spiro atoms. The molecule has 0 bridgehead atoms. The summed E-state index contributed by atoms with van der Waals surface area (Å²) in [5, 5.41) is 10.4. The third kappa shape index (κ3) is 4.32. The molecule has 3 heterocycles. The van der Waals surface area contributed by atoms with Crippen molar-refractivity contribution in [2.24, 2.45) is 0 Å². The summed E-state index contributed by atoms with van der Waals surface area (Å²) in [6.07, 6.45) is 3.92. The third-order valence-electron chi connectivity index (χ3n) is 7.00. The number of nitrogens with one attached hydrogen (secondary N) is 1. The first kappa shape index (κ1) is 22.5. The molecule has 33 heavy (non-hydrogen) atoms. The van der Waals surface area contributed by atoms with E-state index in [2.05, 4.69) is 47.4 Å². The maximum Gasteiger partial charge on any atom is 0.240 e. The van der Waals surface area contributed by atoms with E-state index in [1.54, 1.807) is 6.07 Å². The van der Waals surface area contributed by atoms with Crippen molar-refractivity contribution in [3.63, 3.8) is 0 Å². The van der Waals surface area contributed by atoms with Crippen molar-refractivity contribution in [2.45, 2.75) is 44.8 Å². The quantitative estimate of drug-likeness (QED) is 0.579. The lowest BCUT2D eigenvalue weighted by molar-refractivity contribution is -0.135. The summed E-state index contributed by atoms with van der Waals surface area (Å²) < 4.78 is 2.02. The summed E-state index contributed by atoms with van der Waals surface area (Å²) in [4.78, 5) is 17.3. The largest absolute Gasteiger partial charge is 0.368 e. The molecular formula is C25H29Cl2N5O. The Kier molecular flexibility index (Phi) is 6.25. The first-order valence-corrected chi connectivity index (χ1v) is 12.4. The number of hydrogen-bond acceptors (Lipinski definition) is 4. The molecule has 2 aliphatic heterocycles. The number of piperazine rings is 1. The lowest BCUT2D eigenvalue weighted by Crippen LogP contribution is -2.57. The van der Waals surface area contributed by atoms with Crippen LogP contribution >= 0.6 is 23.2 Å². The Morgan fingerprint density at radius 2 is 2.03 bits per heavy atom. The van der Waals surface area contributed by atoms with Gasteiger partial charge in [0.2, 0.25) is 5.91 Å². The van der Waals surface area contributed by atoms with Crippen molar-refractivity contribution in [1.82, 2.24) is 20.0 Å². The summed E-state index contributed by atoms with van der Waals surface area (Å²) >= 11 is 12.6. The second-order valence-electron chi connectivity index (χ2n) is 9.15. The van der Waals surface area contributed by atoms with Gasteiger partial charge in [0.1, 0.15) is 0 Å². The summed E-state index contributed by atoms with van der Waals surface area (Å²) in [7, 11) is 0. The molecule has 3 atom stereocenters. The Hall–Kier alpha value is -2.28. The molecule has 8 heteroatoms. The van der Waals surface area contributed by atoms with Crippen LogP contribution in [0.1, 0.15) is 38.3 Å². The van der Waals surface area contributed by atoms with Crippen molar-refractivity contribution >= 4 is 45.7 Å². The second kappa shape index (κ2) is 9.16. The second-order valence-corrected chi connectivity index (χ2v) is 9.99. The molecule has 1 unspecified atom stereocenters. The van der Waals surface area contributed by atoms with Crippen LogP contribution in [-0.4, -0.2) is 58.9 Å². The zero-order chi connectivity index (χ0) is 23.1. The van der Waals surface area contributed by atoms with E-state index in [0.717, 1.165) is 61.2 Å². The summed E-state index contributed by atoms with van der Waals surface area (Å²) in [6, 6.07) is 12.2. The highest BCUT2D eigenvalue weighted by molar-refractivity contribution is 6.35. The third-order valence-corrected chi connectivity index (χ3v) is 7.56. The molecule has 6 nitrogen and oxygen atoms in total. The number of aromatic nitrogens is 2. The van der Waals surface area contributed by atoms with Gasteiger partial charge in [0, 0.05) is 46.8 Å². The highest BCUT2D eigenvalue weighted by Crippen LogP contribution is 2.32. The summed E-state index contributed by atoms with van der Waals surface area (Å²) in [6.45, 7) is 7.56. The maximum absolute atomic E-state index is 12.9. The van der Waals surface area contributed by atoms with Crippen LogP contribution < -0.4 is 10.2 Å². The molecule has 1 N–H and O–H groups in total.